The highest BCUT2D eigenvalue weighted by molar-refractivity contribution is 5.43. The molecule has 0 spiro atoms. The van der Waals surface area contributed by atoms with Gasteiger partial charge in [-0.25, -0.2) is 0 Å². The molecule has 0 aliphatic rings. The second-order valence-corrected chi connectivity index (χ2v) is 6.62. The van der Waals surface area contributed by atoms with Crippen LogP contribution in [0.3, 0.4) is 0 Å². The summed E-state index contributed by atoms with van der Waals surface area (Å²) >= 11 is 0. The van der Waals surface area contributed by atoms with Crippen LogP contribution in [-0.4, -0.2) is 26.4 Å². The molecule has 0 atom stereocenters. The van der Waals surface area contributed by atoms with Crippen LogP contribution >= 0.6 is 0 Å². The maximum absolute atomic E-state index is 5.86. The van der Waals surface area contributed by atoms with Crippen LogP contribution in [0, 0.1) is 6.92 Å². The number of ether oxygens (including phenoxy) is 3. The van der Waals surface area contributed by atoms with Crippen molar-refractivity contribution in [2.24, 2.45) is 5.73 Å². The van der Waals surface area contributed by atoms with E-state index in [1.807, 2.05) is 31.2 Å². The van der Waals surface area contributed by atoms with Gasteiger partial charge in [-0.2, -0.15) is 0 Å². The zero-order valence-corrected chi connectivity index (χ0v) is 16.4. The minimum Gasteiger partial charge on any atom is -0.490 e. The van der Waals surface area contributed by atoms with Gasteiger partial charge in [0, 0.05) is 0 Å². The molecule has 2 rings (SSSR count). The summed E-state index contributed by atoms with van der Waals surface area (Å²) in [5, 5.41) is 0. The summed E-state index contributed by atoms with van der Waals surface area (Å²) in [5.41, 5.74) is 9.39. The molecule has 0 aliphatic carbocycles. The van der Waals surface area contributed by atoms with Gasteiger partial charge >= 0.3 is 0 Å². The van der Waals surface area contributed by atoms with Crippen LogP contribution in [0.2, 0.25) is 0 Å². The fourth-order valence-corrected chi connectivity index (χ4v) is 2.96. The lowest BCUT2D eigenvalue weighted by atomic mass is 9.98. The molecule has 0 unspecified atom stereocenters. The van der Waals surface area contributed by atoms with Crippen molar-refractivity contribution in [3.05, 3.63) is 53.1 Å². The molecule has 0 aromatic heterocycles. The summed E-state index contributed by atoms with van der Waals surface area (Å²) in [4.78, 5) is 0. The third-order valence-corrected chi connectivity index (χ3v) is 4.21. The normalized spacial score (nSPS) is 10.8. The predicted molar refractivity (Wildman–Crippen MR) is 107 cm³/mol. The van der Waals surface area contributed by atoms with Crippen LogP contribution in [0.15, 0.2) is 36.4 Å². The quantitative estimate of drug-likeness (QED) is 0.637. The second-order valence-electron chi connectivity index (χ2n) is 6.62. The van der Waals surface area contributed by atoms with E-state index in [1.165, 1.54) is 11.1 Å². The Balaban J connectivity index is 1.90. The molecule has 2 aromatic rings. The average Bonchev–Trinajstić information content (AvgIpc) is 2.60. The Morgan fingerprint density at radius 2 is 1.69 bits per heavy atom. The number of hydrogen-bond donors (Lipinski definition) is 1. The molecule has 0 saturated heterocycles. The van der Waals surface area contributed by atoms with E-state index in [2.05, 4.69) is 32.9 Å². The van der Waals surface area contributed by atoms with E-state index in [9.17, 15) is 0 Å². The number of benzene rings is 2. The first-order valence-corrected chi connectivity index (χ1v) is 9.37. The van der Waals surface area contributed by atoms with Gasteiger partial charge in [0.1, 0.15) is 19.0 Å². The van der Waals surface area contributed by atoms with E-state index in [0.29, 0.717) is 32.3 Å². The van der Waals surface area contributed by atoms with E-state index in [0.717, 1.165) is 29.2 Å². The molecular formula is C22H31NO3. The van der Waals surface area contributed by atoms with E-state index in [-0.39, 0.29) is 0 Å². The van der Waals surface area contributed by atoms with E-state index < -0.39 is 0 Å². The largest absolute Gasteiger partial charge is 0.490 e. The number of aryl methyl sites for hydroxylation is 1. The van der Waals surface area contributed by atoms with Crippen LogP contribution in [0.5, 0.6) is 17.2 Å². The second kappa shape index (κ2) is 10.1. The molecule has 0 bridgehead atoms. The highest BCUT2D eigenvalue weighted by atomic mass is 16.5. The Kier molecular flexibility index (Phi) is 7.79. The van der Waals surface area contributed by atoms with Crippen molar-refractivity contribution in [3.8, 4) is 17.2 Å². The summed E-state index contributed by atoms with van der Waals surface area (Å²) in [5.74, 6) is 2.89. The van der Waals surface area contributed by atoms with Crippen molar-refractivity contribution < 1.29 is 14.2 Å². The van der Waals surface area contributed by atoms with Crippen molar-refractivity contribution in [2.45, 2.75) is 40.0 Å². The van der Waals surface area contributed by atoms with Gasteiger partial charge < -0.3 is 19.9 Å². The Morgan fingerprint density at radius 1 is 0.923 bits per heavy atom. The lowest BCUT2D eigenvalue weighted by Crippen LogP contribution is -2.10. The first-order valence-electron chi connectivity index (χ1n) is 9.37. The molecule has 0 aliphatic heterocycles. The molecule has 2 N–H and O–H groups in total. The molecule has 4 nitrogen and oxygen atoms in total. The molecule has 0 radical (unpaired) electrons. The van der Waals surface area contributed by atoms with Gasteiger partial charge in [-0.3, -0.25) is 0 Å². The average molecular weight is 357 g/mol. The van der Waals surface area contributed by atoms with Crippen molar-refractivity contribution in [2.75, 3.05) is 26.4 Å². The Morgan fingerprint density at radius 3 is 2.35 bits per heavy atom. The first kappa shape index (κ1) is 20.1. The van der Waals surface area contributed by atoms with Crippen molar-refractivity contribution in [1.29, 1.82) is 0 Å². The van der Waals surface area contributed by atoms with Gasteiger partial charge in [0.15, 0.2) is 11.5 Å². The first-order chi connectivity index (χ1) is 12.5. The molecule has 0 heterocycles. The fourth-order valence-electron chi connectivity index (χ4n) is 2.96. The third kappa shape index (κ3) is 5.67. The van der Waals surface area contributed by atoms with E-state index in [1.54, 1.807) is 0 Å². The van der Waals surface area contributed by atoms with Crippen LogP contribution in [0.4, 0.5) is 0 Å². The fraction of sp³-hybridized carbons (Fsp3) is 0.455. The van der Waals surface area contributed by atoms with Crippen molar-refractivity contribution >= 4 is 0 Å². The zero-order chi connectivity index (χ0) is 18.9. The summed E-state index contributed by atoms with van der Waals surface area (Å²) in [7, 11) is 0. The summed E-state index contributed by atoms with van der Waals surface area (Å²) < 4.78 is 17.4. The minimum atomic E-state index is 0.460. The highest BCUT2D eigenvalue weighted by Crippen LogP contribution is 2.29. The monoisotopic (exact) mass is 357 g/mol. The maximum Gasteiger partial charge on any atom is 0.161 e. The number of nitrogens with two attached hydrogens (primary N) is 1. The smallest absolute Gasteiger partial charge is 0.161 e. The molecule has 4 heteroatoms. The zero-order valence-electron chi connectivity index (χ0n) is 16.4. The summed E-state index contributed by atoms with van der Waals surface area (Å²) in [6.07, 6.45) is 0.829. The Bertz CT molecular complexity index is 698. The SMILES string of the molecule is CCOc1cc(CCN)ccc1OCCOc1ccc(C(C)C)c(C)c1. The molecule has 2 aromatic carbocycles. The van der Waals surface area contributed by atoms with Crippen molar-refractivity contribution in [3.63, 3.8) is 0 Å². The lowest BCUT2D eigenvalue weighted by molar-refractivity contribution is 0.208. The predicted octanol–water partition coefficient (Wildman–Crippen LogP) is 4.48. The van der Waals surface area contributed by atoms with Crippen LogP contribution < -0.4 is 19.9 Å². The summed E-state index contributed by atoms with van der Waals surface area (Å²) in [6, 6.07) is 12.2. The van der Waals surface area contributed by atoms with Gasteiger partial charge in [0.05, 0.1) is 6.61 Å². The van der Waals surface area contributed by atoms with Crippen molar-refractivity contribution in [1.82, 2.24) is 0 Å². The van der Waals surface area contributed by atoms with Gasteiger partial charge in [-0.15, -0.1) is 0 Å². The van der Waals surface area contributed by atoms with Gasteiger partial charge in [-0.05, 0) is 73.7 Å². The highest BCUT2D eigenvalue weighted by Gasteiger charge is 2.08. The molecule has 0 amide bonds. The van der Waals surface area contributed by atoms with Crippen LogP contribution in [0.1, 0.15) is 43.4 Å². The van der Waals surface area contributed by atoms with E-state index >= 15 is 0 Å². The van der Waals surface area contributed by atoms with Gasteiger partial charge in [0.25, 0.3) is 0 Å². The molecule has 26 heavy (non-hydrogen) atoms. The number of rotatable bonds is 10. The topological polar surface area (TPSA) is 53.7 Å². The standard InChI is InChI=1S/C22H31NO3/c1-5-24-22-15-18(10-11-23)6-9-21(22)26-13-12-25-19-7-8-20(16(2)3)17(4)14-19/h6-9,14-16H,5,10-13,23H2,1-4H3. The molecule has 142 valence electrons. The third-order valence-electron chi connectivity index (χ3n) is 4.21. The Labute approximate surface area is 157 Å². The number of hydrogen-bond acceptors (Lipinski definition) is 4. The molecule has 0 saturated carbocycles. The van der Waals surface area contributed by atoms with E-state index in [4.69, 9.17) is 19.9 Å². The maximum atomic E-state index is 5.86. The van der Waals surface area contributed by atoms with Crippen LogP contribution in [0.25, 0.3) is 0 Å². The summed E-state index contributed by atoms with van der Waals surface area (Å²) in [6.45, 7) is 10.6. The lowest BCUT2D eigenvalue weighted by Gasteiger charge is -2.15. The molecule has 0 fully saturated rings. The van der Waals surface area contributed by atoms with Gasteiger partial charge in [0.2, 0.25) is 0 Å². The van der Waals surface area contributed by atoms with Gasteiger partial charge in [-0.1, -0.05) is 26.0 Å². The Hall–Kier alpha value is -2.20. The van der Waals surface area contributed by atoms with Crippen LogP contribution in [-0.2, 0) is 6.42 Å². The minimum absolute atomic E-state index is 0.460. The molecular weight excluding hydrogens is 326 g/mol.